The van der Waals surface area contributed by atoms with E-state index in [4.69, 9.17) is 5.11 Å². The maximum atomic E-state index is 11.7. The van der Waals surface area contributed by atoms with E-state index in [1.54, 1.807) is 0 Å². The highest BCUT2D eigenvalue weighted by atomic mass is 16.4. The van der Waals surface area contributed by atoms with E-state index in [-0.39, 0.29) is 12.5 Å². The highest BCUT2D eigenvalue weighted by Crippen LogP contribution is 2.02. The summed E-state index contributed by atoms with van der Waals surface area (Å²) in [7, 11) is 0. The Kier molecular flexibility index (Phi) is 7.17. The summed E-state index contributed by atoms with van der Waals surface area (Å²) in [6, 6.07) is 0.0158. The van der Waals surface area contributed by atoms with E-state index in [1.165, 1.54) is 0 Å². The first-order valence-electron chi connectivity index (χ1n) is 6.65. The quantitative estimate of drug-likeness (QED) is 0.584. The Labute approximate surface area is 108 Å². The lowest BCUT2D eigenvalue weighted by atomic mass is 10.1. The molecule has 0 radical (unpaired) electrons. The number of carbonyl (C=O) groups is 2. The SMILES string of the molecule is O=C(O)CCCCCCNC(=O)N1CCNCC1. The molecule has 1 saturated heterocycles. The number of urea groups is 1. The highest BCUT2D eigenvalue weighted by Gasteiger charge is 2.14. The van der Waals surface area contributed by atoms with Gasteiger partial charge < -0.3 is 20.6 Å². The number of carboxylic acids is 1. The van der Waals surface area contributed by atoms with E-state index in [0.717, 1.165) is 51.9 Å². The summed E-state index contributed by atoms with van der Waals surface area (Å²) >= 11 is 0. The van der Waals surface area contributed by atoms with Crippen molar-refractivity contribution >= 4 is 12.0 Å². The molecule has 6 heteroatoms. The van der Waals surface area contributed by atoms with Crippen LogP contribution in [0.3, 0.4) is 0 Å². The predicted molar refractivity (Wildman–Crippen MR) is 68.6 cm³/mol. The van der Waals surface area contributed by atoms with Crippen molar-refractivity contribution < 1.29 is 14.7 Å². The van der Waals surface area contributed by atoms with Crippen LogP contribution >= 0.6 is 0 Å². The second kappa shape index (κ2) is 8.74. The van der Waals surface area contributed by atoms with Gasteiger partial charge in [-0.1, -0.05) is 12.8 Å². The summed E-state index contributed by atoms with van der Waals surface area (Å²) in [5.74, 6) is -0.734. The molecule has 0 saturated carbocycles. The van der Waals surface area contributed by atoms with Crippen molar-refractivity contribution in [2.75, 3.05) is 32.7 Å². The van der Waals surface area contributed by atoms with E-state index in [9.17, 15) is 9.59 Å². The minimum atomic E-state index is -0.734. The van der Waals surface area contributed by atoms with E-state index in [0.29, 0.717) is 6.54 Å². The minimum absolute atomic E-state index is 0.0158. The zero-order valence-electron chi connectivity index (χ0n) is 10.8. The third-order valence-electron chi connectivity index (χ3n) is 3.00. The lowest BCUT2D eigenvalue weighted by Crippen LogP contribution is -2.50. The zero-order valence-corrected chi connectivity index (χ0v) is 10.8. The number of carboxylic acid groups (broad SMARTS) is 1. The third kappa shape index (κ3) is 6.44. The Morgan fingerprint density at radius 3 is 2.44 bits per heavy atom. The zero-order chi connectivity index (χ0) is 13.2. The largest absolute Gasteiger partial charge is 0.481 e. The van der Waals surface area contributed by atoms with Crippen LogP contribution in [0, 0.1) is 0 Å². The van der Waals surface area contributed by atoms with Crippen molar-refractivity contribution in [3.8, 4) is 0 Å². The first kappa shape index (κ1) is 14.8. The maximum Gasteiger partial charge on any atom is 0.317 e. The van der Waals surface area contributed by atoms with Gasteiger partial charge in [-0.3, -0.25) is 4.79 Å². The van der Waals surface area contributed by atoms with Crippen LogP contribution in [0.4, 0.5) is 4.79 Å². The topological polar surface area (TPSA) is 81.7 Å². The van der Waals surface area contributed by atoms with Crippen LogP contribution in [-0.4, -0.2) is 54.7 Å². The van der Waals surface area contributed by atoms with Crippen LogP contribution in [0.5, 0.6) is 0 Å². The van der Waals surface area contributed by atoms with Gasteiger partial charge in [0.2, 0.25) is 0 Å². The van der Waals surface area contributed by atoms with Gasteiger partial charge >= 0.3 is 12.0 Å². The van der Waals surface area contributed by atoms with Crippen LogP contribution in [0.25, 0.3) is 0 Å². The fraction of sp³-hybridized carbons (Fsp3) is 0.833. The van der Waals surface area contributed by atoms with Gasteiger partial charge in [0.25, 0.3) is 0 Å². The normalized spacial score (nSPS) is 15.4. The van der Waals surface area contributed by atoms with Crippen molar-refractivity contribution in [2.45, 2.75) is 32.1 Å². The number of hydrogen-bond donors (Lipinski definition) is 3. The van der Waals surface area contributed by atoms with Crippen molar-refractivity contribution in [1.82, 2.24) is 15.5 Å². The summed E-state index contributed by atoms with van der Waals surface area (Å²) in [5, 5.41) is 14.6. The molecule has 3 N–H and O–H groups in total. The average molecular weight is 257 g/mol. The Bertz CT molecular complexity index is 265. The summed E-state index contributed by atoms with van der Waals surface area (Å²) in [4.78, 5) is 23.8. The van der Waals surface area contributed by atoms with Gasteiger partial charge in [0.05, 0.1) is 0 Å². The van der Waals surface area contributed by atoms with E-state index in [2.05, 4.69) is 10.6 Å². The summed E-state index contributed by atoms with van der Waals surface area (Å²) < 4.78 is 0. The number of unbranched alkanes of at least 4 members (excludes halogenated alkanes) is 3. The van der Waals surface area contributed by atoms with Crippen molar-refractivity contribution in [2.24, 2.45) is 0 Å². The summed E-state index contributed by atoms with van der Waals surface area (Å²) in [6.45, 7) is 3.94. The lowest BCUT2D eigenvalue weighted by molar-refractivity contribution is -0.137. The molecule has 0 spiro atoms. The monoisotopic (exact) mass is 257 g/mol. The summed E-state index contributed by atoms with van der Waals surface area (Å²) in [5.41, 5.74) is 0. The molecule has 1 rings (SSSR count). The van der Waals surface area contributed by atoms with Crippen LogP contribution in [0.1, 0.15) is 32.1 Å². The van der Waals surface area contributed by atoms with Gasteiger partial charge in [0.15, 0.2) is 0 Å². The standard InChI is InChI=1S/C12H23N3O3/c16-11(17)5-3-1-2-4-6-14-12(18)15-9-7-13-8-10-15/h13H,1-10H2,(H,14,18)(H,16,17). The molecule has 0 aromatic heterocycles. The molecule has 0 aromatic rings. The first-order chi connectivity index (χ1) is 8.70. The van der Waals surface area contributed by atoms with E-state index >= 15 is 0 Å². The number of hydrogen-bond acceptors (Lipinski definition) is 3. The number of carbonyl (C=O) groups excluding carboxylic acids is 1. The van der Waals surface area contributed by atoms with Gasteiger partial charge in [0, 0.05) is 39.1 Å². The van der Waals surface area contributed by atoms with Crippen LogP contribution in [0.2, 0.25) is 0 Å². The van der Waals surface area contributed by atoms with Gasteiger partial charge in [-0.2, -0.15) is 0 Å². The fourth-order valence-corrected chi connectivity index (χ4v) is 1.93. The Morgan fingerprint density at radius 1 is 1.11 bits per heavy atom. The highest BCUT2D eigenvalue weighted by molar-refractivity contribution is 5.74. The number of piperazine rings is 1. The van der Waals surface area contributed by atoms with Gasteiger partial charge in [-0.15, -0.1) is 0 Å². The Morgan fingerprint density at radius 2 is 1.78 bits per heavy atom. The van der Waals surface area contributed by atoms with Crippen LogP contribution in [-0.2, 0) is 4.79 Å². The molecule has 1 aliphatic rings. The number of amides is 2. The molecule has 1 fully saturated rings. The maximum absolute atomic E-state index is 11.7. The Balaban J connectivity index is 1.93. The molecule has 18 heavy (non-hydrogen) atoms. The average Bonchev–Trinajstić information content (AvgIpc) is 2.38. The van der Waals surface area contributed by atoms with Crippen LogP contribution in [0.15, 0.2) is 0 Å². The molecule has 0 aliphatic carbocycles. The molecule has 6 nitrogen and oxygen atoms in total. The molecule has 2 amide bonds. The lowest BCUT2D eigenvalue weighted by Gasteiger charge is -2.27. The van der Waals surface area contributed by atoms with Crippen molar-refractivity contribution in [3.63, 3.8) is 0 Å². The van der Waals surface area contributed by atoms with Crippen molar-refractivity contribution in [3.05, 3.63) is 0 Å². The van der Waals surface area contributed by atoms with E-state index < -0.39 is 5.97 Å². The first-order valence-corrected chi connectivity index (χ1v) is 6.65. The smallest absolute Gasteiger partial charge is 0.317 e. The molecular formula is C12H23N3O3. The molecule has 1 aliphatic heterocycles. The molecule has 0 aromatic carbocycles. The fourth-order valence-electron chi connectivity index (χ4n) is 1.93. The Hall–Kier alpha value is -1.30. The molecule has 1 heterocycles. The second-order valence-electron chi connectivity index (χ2n) is 4.53. The van der Waals surface area contributed by atoms with Gasteiger partial charge in [-0.25, -0.2) is 4.79 Å². The van der Waals surface area contributed by atoms with Gasteiger partial charge in [0.1, 0.15) is 0 Å². The molecule has 104 valence electrons. The van der Waals surface area contributed by atoms with Crippen molar-refractivity contribution in [1.29, 1.82) is 0 Å². The van der Waals surface area contributed by atoms with E-state index in [1.807, 2.05) is 4.90 Å². The number of nitrogens with zero attached hydrogens (tertiary/aromatic N) is 1. The van der Waals surface area contributed by atoms with Crippen LogP contribution < -0.4 is 10.6 Å². The predicted octanol–water partition coefficient (Wildman–Crippen LogP) is 0.636. The minimum Gasteiger partial charge on any atom is -0.481 e. The van der Waals surface area contributed by atoms with Gasteiger partial charge in [-0.05, 0) is 12.8 Å². The number of aliphatic carboxylic acids is 1. The molecule has 0 bridgehead atoms. The number of rotatable bonds is 7. The molecular weight excluding hydrogens is 234 g/mol. The molecule has 0 unspecified atom stereocenters. The second-order valence-corrected chi connectivity index (χ2v) is 4.53. The molecule has 0 atom stereocenters. The third-order valence-corrected chi connectivity index (χ3v) is 3.00. The summed E-state index contributed by atoms with van der Waals surface area (Å²) in [6.07, 6.45) is 3.76. The number of nitrogens with one attached hydrogen (secondary N) is 2.